The van der Waals surface area contributed by atoms with Crippen LogP contribution in [0, 0.1) is 17.3 Å². The van der Waals surface area contributed by atoms with Gasteiger partial charge >= 0.3 is 0 Å². The lowest BCUT2D eigenvalue weighted by atomic mass is 9.49. The Bertz CT molecular complexity index is 641. The third kappa shape index (κ3) is 2.73. The van der Waals surface area contributed by atoms with Gasteiger partial charge in [0.1, 0.15) is 0 Å². The molecule has 0 saturated heterocycles. The predicted molar refractivity (Wildman–Crippen MR) is 103 cm³/mol. The minimum absolute atomic E-state index is 0.143. The molecular weight excluding hydrogens is 362 g/mol. The van der Waals surface area contributed by atoms with Gasteiger partial charge in [-0.2, -0.15) is 0 Å². The van der Waals surface area contributed by atoms with Crippen LogP contribution in [0.5, 0.6) is 0 Å². The molecule has 0 radical (unpaired) electrons. The lowest BCUT2D eigenvalue weighted by molar-refractivity contribution is -0.138. The first kappa shape index (κ1) is 16.6. The van der Waals surface area contributed by atoms with Gasteiger partial charge < -0.3 is 5.32 Å². The summed E-state index contributed by atoms with van der Waals surface area (Å²) >= 11 is 4.02. The van der Waals surface area contributed by atoms with Gasteiger partial charge in [0.15, 0.2) is 0 Å². The van der Waals surface area contributed by atoms with Crippen LogP contribution in [0.3, 0.4) is 0 Å². The predicted octanol–water partition coefficient (Wildman–Crippen LogP) is 5.87. The number of hydrogen-bond acceptors (Lipinski definition) is 1. The first-order valence-electron chi connectivity index (χ1n) is 9.52. The lowest BCUT2D eigenvalue weighted by Crippen LogP contribution is -2.57. The Morgan fingerprint density at radius 3 is 2.54 bits per heavy atom. The Kier molecular flexibility index (Phi) is 4.06. The van der Waals surface area contributed by atoms with Crippen LogP contribution in [0.1, 0.15) is 70.3 Å². The molecule has 130 valence electrons. The van der Waals surface area contributed by atoms with E-state index in [9.17, 15) is 4.79 Å². The fraction of sp³-hybridized carbons (Fsp3) is 0.667. The molecule has 24 heavy (non-hydrogen) atoms. The lowest BCUT2D eigenvalue weighted by Gasteiger charge is -2.59. The monoisotopic (exact) mass is 389 g/mol. The van der Waals surface area contributed by atoms with Crippen molar-refractivity contribution in [2.75, 3.05) is 5.32 Å². The summed E-state index contributed by atoms with van der Waals surface area (Å²) in [6, 6.07) is 8.35. The standard InChI is InChI=1S/C21H28BrNO/c1-3-14(2)17-6-4-5-7-18(17)23-19(24)20-9-15-8-16(10-20)12-21(22,11-15)13-20/h4-7,14-16H,3,8-13H2,1-2H3,(H,23,24)/t14-,15-,16+,20?,21?/m1/s1. The van der Waals surface area contributed by atoms with Crippen molar-refractivity contribution in [1.82, 2.24) is 0 Å². The maximum absolute atomic E-state index is 13.3. The molecule has 4 aliphatic rings. The Labute approximate surface area is 153 Å². The topological polar surface area (TPSA) is 29.1 Å². The maximum Gasteiger partial charge on any atom is 0.230 e. The highest BCUT2D eigenvalue weighted by Gasteiger charge is 2.59. The fourth-order valence-electron chi connectivity index (χ4n) is 5.93. The molecule has 2 nitrogen and oxygen atoms in total. The van der Waals surface area contributed by atoms with Gasteiger partial charge in [-0.05, 0) is 74.3 Å². The van der Waals surface area contributed by atoms with Crippen molar-refractivity contribution in [1.29, 1.82) is 0 Å². The smallest absolute Gasteiger partial charge is 0.230 e. The normalized spacial score (nSPS) is 38.1. The van der Waals surface area contributed by atoms with E-state index in [0.717, 1.165) is 43.2 Å². The van der Waals surface area contributed by atoms with Crippen molar-refractivity contribution in [3.05, 3.63) is 29.8 Å². The number of carbonyl (C=O) groups excluding carboxylic acids is 1. The third-order valence-corrected chi connectivity index (χ3v) is 7.75. The van der Waals surface area contributed by atoms with Crippen molar-refractivity contribution in [3.63, 3.8) is 0 Å². The van der Waals surface area contributed by atoms with Gasteiger partial charge in [-0.3, -0.25) is 4.79 Å². The van der Waals surface area contributed by atoms with Crippen molar-refractivity contribution in [3.8, 4) is 0 Å². The molecule has 0 aliphatic heterocycles. The zero-order valence-electron chi connectivity index (χ0n) is 14.8. The Hall–Kier alpha value is -0.830. The van der Waals surface area contributed by atoms with Crippen LogP contribution in [-0.2, 0) is 4.79 Å². The van der Waals surface area contributed by atoms with Crippen LogP contribution in [0.4, 0.5) is 5.69 Å². The van der Waals surface area contributed by atoms with E-state index in [0.29, 0.717) is 5.92 Å². The zero-order chi connectivity index (χ0) is 16.9. The number of rotatable bonds is 4. The molecule has 1 aromatic carbocycles. The summed E-state index contributed by atoms with van der Waals surface area (Å²) < 4.78 is 0.227. The molecule has 0 aromatic heterocycles. The van der Waals surface area contributed by atoms with Crippen LogP contribution in [0.15, 0.2) is 24.3 Å². The number of amides is 1. The van der Waals surface area contributed by atoms with E-state index in [1.165, 1.54) is 24.8 Å². The second-order valence-corrected chi connectivity index (χ2v) is 10.4. The number of hydrogen-bond donors (Lipinski definition) is 1. The number of benzene rings is 1. The summed E-state index contributed by atoms with van der Waals surface area (Å²) in [5.74, 6) is 2.22. The number of para-hydroxylation sites is 1. The molecule has 1 aromatic rings. The Morgan fingerprint density at radius 2 is 1.92 bits per heavy atom. The van der Waals surface area contributed by atoms with Crippen molar-refractivity contribution >= 4 is 27.5 Å². The number of halogens is 1. The summed E-state index contributed by atoms with van der Waals surface area (Å²) in [7, 11) is 0. The summed E-state index contributed by atoms with van der Waals surface area (Å²) in [5, 5.41) is 3.34. The molecule has 4 aliphatic carbocycles. The second kappa shape index (κ2) is 5.86. The molecule has 4 saturated carbocycles. The third-order valence-electron chi connectivity index (χ3n) is 6.82. The van der Waals surface area contributed by atoms with E-state index in [1.807, 2.05) is 6.07 Å². The van der Waals surface area contributed by atoms with E-state index in [1.54, 1.807) is 0 Å². The van der Waals surface area contributed by atoms with E-state index in [-0.39, 0.29) is 15.6 Å². The summed E-state index contributed by atoms with van der Waals surface area (Å²) in [6.07, 6.45) is 8.16. The Balaban J connectivity index is 1.59. The molecule has 4 bridgehead atoms. The summed E-state index contributed by atoms with van der Waals surface area (Å²) in [5.41, 5.74) is 2.15. The second-order valence-electron chi connectivity index (χ2n) is 8.74. The van der Waals surface area contributed by atoms with E-state index >= 15 is 0 Å². The van der Waals surface area contributed by atoms with Crippen LogP contribution in [0.25, 0.3) is 0 Å². The van der Waals surface area contributed by atoms with E-state index < -0.39 is 0 Å². The van der Waals surface area contributed by atoms with Gasteiger partial charge in [-0.1, -0.05) is 48.0 Å². The minimum atomic E-state index is -0.143. The van der Waals surface area contributed by atoms with Gasteiger partial charge in [0.25, 0.3) is 0 Å². The summed E-state index contributed by atoms with van der Waals surface area (Å²) in [6.45, 7) is 4.44. The van der Waals surface area contributed by atoms with Gasteiger partial charge in [0.05, 0.1) is 5.41 Å². The molecule has 3 heteroatoms. The molecule has 0 spiro atoms. The van der Waals surface area contributed by atoms with Crippen molar-refractivity contribution < 1.29 is 4.79 Å². The van der Waals surface area contributed by atoms with E-state index in [4.69, 9.17) is 0 Å². The van der Waals surface area contributed by atoms with Gasteiger partial charge in [-0.15, -0.1) is 0 Å². The zero-order valence-corrected chi connectivity index (χ0v) is 16.4. The quantitative estimate of drug-likeness (QED) is 0.640. The van der Waals surface area contributed by atoms with Crippen molar-refractivity contribution in [2.45, 2.75) is 69.0 Å². The molecule has 4 fully saturated rings. The highest BCUT2D eigenvalue weighted by Crippen LogP contribution is 2.64. The minimum Gasteiger partial charge on any atom is -0.325 e. The van der Waals surface area contributed by atoms with Crippen LogP contribution >= 0.6 is 15.9 Å². The van der Waals surface area contributed by atoms with Gasteiger partial charge in [0, 0.05) is 10.0 Å². The average molecular weight is 390 g/mol. The van der Waals surface area contributed by atoms with Crippen molar-refractivity contribution in [2.24, 2.45) is 17.3 Å². The number of alkyl halides is 1. The molecule has 0 heterocycles. The van der Waals surface area contributed by atoms with Gasteiger partial charge in [0.2, 0.25) is 5.91 Å². The largest absolute Gasteiger partial charge is 0.325 e. The number of carbonyl (C=O) groups is 1. The fourth-order valence-corrected chi connectivity index (χ4v) is 7.38. The maximum atomic E-state index is 13.3. The molecule has 5 atom stereocenters. The molecule has 1 N–H and O–H groups in total. The van der Waals surface area contributed by atoms with Gasteiger partial charge in [-0.25, -0.2) is 0 Å². The molecule has 2 unspecified atom stereocenters. The molecule has 5 rings (SSSR count). The number of nitrogens with one attached hydrogen (secondary N) is 1. The molecular formula is C21H28BrNO. The molecule has 1 amide bonds. The Morgan fingerprint density at radius 1 is 1.25 bits per heavy atom. The van der Waals surface area contributed by atoms with Crippen LogP contribution in [0.2, 0.25) is 0 Å². The highest BCUT2D eigenvalue weighted by molar-refractivity contribution is 9.10. The first-order valence-corrected chi connectivity index (χ1v) is 10.3. The van der Waals surface area contributed by atoms with E-state index in [2.05, 4.69) is 53.3 Å². The summed E-state index contributed by atoms with van der Waals surface area (Å²) in [4.78, 5) is 13.3. The average Bonchev–Trinajstić information content (AvgIpc) is 2.52. The first-order chi connectivity index (χ1) is 11.4. The van der Waals surface area contributed by atoms with Crippen LogP contribution in [-0.4, -0.2) is 10.2 Å². The number of anilines is 1. The SMILES string of the molecule is CC[C@@H](C)c1ccccc1NC(=O)C12C[C@@H]3C[C@@H](CC(Br)(C3)C1)C2. The highest BCUT2D eigenvalue weighted by atomic mass is 79.9. The van der Waals surface area contributed by atoms with Crippen LogP contribution < -0.4 is 5.32 Å².